The molecule has 0 aliphatic rings. The molecule has 0 spiro atoms. The molecule has 24 heavy (non-hydrogen) atoms. The third kappa shape index (κ3) is 5.24. The SMILES string of the molecule is Cc1ccccc1OCC(=O)NC(=S)Nc1cc(Cl)c(Cl)cc1Cl. The third-order valence-electron chi connectivity index (χ3n) is 2.96. The lowest BCUT2D eigenvalue weighted by molar-refractivity contribution is -0.121. The number of carbonyl (C=O) groups excluding carboxylic acids is 1. The van der Waals surface area contributed by atoms with Crippen LogP contribution in [0.15, 0.2) is 36.4 Å². The molecule has 0 atom stereocenters. The Kier molecular flexibility index (Phi) is 6.69. The maximum atomic E-state index is 11.9. The number of rotatable bonds is 4. The molecule has 0 aliphatic carbocycles. The summed E-state index contributed by atoms with van der Waals surface area (Å²) in [7, 11) is 0. The Morgan fingerprint density at radius 1 is 1.12 bits per heavy atom. The number of hydrogen-bond donors (Lipinski definition) is 2. The predicted molar refractivity (Wildman–Crippen MR) is 103 cm³/mol. The number of benzene rings is 2. The van der Waals surface area contributed by atoms with Gasteiger partial charge in [-0.15, -0.1) is 0 Å². The number of halogens is 3. The highest BCUT2D eigenvalue weighted by Gasteiger charge is 2.10. The van der Waals surface area contributed by atoms with E-state index in [9.17, 15) is 4.79 Å². The van der Waals surface area contributed by atoms with Gasteiger partial charge in [0.25, 0.3) is 5.91 Å². The van der Waals surface area contributed by atoms with Gasteiger partial charge in [-0.3, -0.25) is 10.1 Å². The lowest BCUT2D eigenvalue weighted by atomic mass is 10.2. The van der Waals surface area contributed by atoms with Crippen LogP contribution in [0.4, 0.5) is 5.69 Å². The Bertz CT molecular complexity index is 784. The second-order valence-corrected chi connectivity index (χ2v) is 6.43. The molecule has 0 aliphatic heterocycles. The summed E-state index contributed by atoms with van der Waals surface area (Å²) in [6.07, 6.45) is 0. The van der Waals surface area contributed by atoms with E-state index in [1.165, 1.54) is 12.1 Å². The first-order valence-corrected chi connectivity index (χ1v) is 8.35. The summed E-state index contributed by atoms with van der Waals surface area (Å²) in [6, 6.07) is 10.4. The van der Waals surface area contributed by atoms with Gasteiger partial charge in [-0.2, -0.15) is 0 Å². The number of amides is 1. The van der Waals surface area contributed by atoms with Crippen LogP contribution in [0.3, 0.4) is 0 Å². The molecule has 1 amide bonds. The van der Waals surface area contributed by atoms with Gasteiger partial charge in [-0.1, -0.05) is 53.0 Å². The largest absolute Gasteiger partial charge is 0.483 e. The Balaban J connectivity index is 1.89. The number of para-hydroxylation sites is 1. The first kappa shape index (κ1) is 18.8. The van der Waals surface area contributed by atoms with Crippen LogP contribution in [0.2, 0.25) is 15.1 Å². The number of aryl methyl sites for hydroxylation is 1. The minimum atomic E-state index is -0.396. The van der Waals surface area contributed by atoms with Crippen molar-refractivity contribution in [1.29, 1.82) is 0 Å². The molecule has 0 fully saturated rings. The van der Waals surface area contributed by atoms with Gasteiger partial charge in [-0.25, -0.2) is 0 Å². The highest BCUT2D eigenvalue weighted by molar-refractivity contribution is 7.80. The topological polar surface area (TPSA) is 50.4 Å². The zero-order valence-electron chi connectivity index (χ0n) is 12.5. The molecular formula is C16H13Cl3N2O2S. The van der Waals surface area contributed by atoms with Crippen LogP contribution in [0.25, 0.3) is 0 Å². The molecule has 126 valence electrons. The molecule has 0 radical (unpaired) electrons. The van der Waals surface area contributed by atoms with Crippen LogP contribution < -0.4 is 15.4 Å². The average Bonchev–Trinajstić information content (AvgIpc) is 2.51. The smallest absolute Gasteiger partial charge is 0.264 e. The maximum absolute atomic E-state index is 11.9. The number of carbonyl (C=O) groups is 1. The Hall–Kier alpha value is -1.53. The summed E-state index contributed by atoms with van der Waals surface area (Å²) in [5.41, 5.74) is 1.38. The zero-order chi connectivity index (χ0) is 17.7. The molecule has 0 heterocycles. The van der Waals surface area contributed by atoms with Crippen LogP contribution in [-0.2, 0) is 4.79 Å². The van der Waals surface area contributed by atoms with Crippen LogP contribution >= 0.6 is 47.0 Å². The van der Waals surface area contributed by atoms with Gasteiger partial charge in [0.15, 0.2) is 11.7 Å². The van der Waals surface area contributed by atoms with E-state index in [2.05, 4.69) is 10.6 Å². The van der Waals surface area contributed by atoms with Crippen molar-refractivity contribution in [2.45, 2.75) is 6.92 Å². The Labute approximate surface area is 160 Å². The van der Waals surface area contributed by atoms with Gasteiger partial charge < -0.3 is 10.1 Å². The Morgan fingerprint density at radius 3 is 2.50 bits per heavy atom. The molecule has 2 aromatic rings. The molecule has 0 aromatic heterocycles. The van der Waals surface area contributed by atoms with Gasteiger partial charge >= 0.3 is 0 Å². The van der Waals surface area contributed by atoms with E-state index in [4.69, 9.17) is 51.8 Å². The van der Waals surface area contributed by atoms with E-state index in [0.29, 0.717) is 26.5 Å². The van der Waals surface area contributed by atoms with Gasteiger partial charge in [0.05, 0.1) is 20.8 Å². The van der Waals surface area contributed by atoms with Crippen molar-refractivity contribution in [2.24, 2.45) is 0 Å². The van der Waals surface area contributed by atoms with E-state index in [-0.39, 0.29) is 11.7 Å². The van der Waals surface area contributed by atoms with E-state index in [1.54, 1.807) is 6.07 Å². The summed E-state index contributed by atoms with van der Waals surface area (Å²) in [5, 5.41) is 6.34. The first-order chi connectivity index (χ1) is 11.4. The van der Waals surface area contributed by atoms with Crippen molar-refractivity contribution >= 4 is 63.7 Å². The van der Waals surface area contributed by atoms with Crippen LogP contribution in [0.1, 0.15) is 5.56 Å². The van der Waals surface area contributed by atoms with Crippen molar-refractivity contribution in [3.8, 4) is 5.75 Å². The third-order valence-corrected chi connectivity index (χ3v) is 4.20. The Morgan fingerprint density at radius 2 is 1.79 bits per heavy atom. The van der Waals surface area contributed by atoms with E-state index in [0.717, 1.165) is 5.56 Å². The highest BCUT2D eigenvalue weighted by Crippen LogP contribution is 2.32. The number of ether oxygens (including phenoxy) is 1. The summed E-state index contributed by atoms with van der Waals surface area (Å²) in [4.78, 5) is 11.9. The van der Waals surface area contributed by atoms with Gasteiger partial charge in [0.1, 0.15) is 5.75 Å². The van der Waals surface area contributed by atoms with E-state index in [1.807, 2.05) is 25.1 Å². The number of hydrogen-bond acceptors (Lipinski definition) is 3. The number of thiocarbonyl (C=S) groups is 1. The lowest BCUT2D eigenvalue weighted by Crippen LogP contribution is -2.37. The highest BCUT2D eigenvalue weighted by atomic mass is 35.5. The molecule has 0 unspecified atom stereocenters. The van der Waals surface area contributed by atoms with Crippen LogP contribution in [0.5, 0.6) is 5.75 Å². The fourth-order valence-electron chi connectivity index (χ4n) is 1.80. The number of anilines is 1. The fourth-order valence-corrected chi connectivity index (χ4v) is 2.61. The first-order valence-electron chi connectivity index (χ1n) is 6.80. The van der Waals surface area contributed by atoms with Crippen molar-refractivity contribution < 1.29 is 9.53 Å². The van der Waals surface area contributed by atoms with E-state index >= 15 is 0 Å². The van der Waals surface area contributed by atoms with Crippen molar-refractivity contribution in [3.63, 3.8) is 0 Å². The standard InChI is InChI=1S/C16H13Cl3N2O2S/c1-9-4-2-3-5-14(9)23-8-15(22)21-16(24)20-13-7-11(18)10(17)6-12(13)19/h2-7H,8H2,1H3,(H2,20,21,22,24). The van der Waals surface area contributed by atoms with Crippen molar-refractivity contribution in [1.82, 2.24) is 5.32 Å². The van der Waals surface area contributed by atoms with Gasteiger partial charge in [0.2, 0.25) is 0 Å². The van der Waals surface area contributed by atoms with Crippen molar-refractivity contribution in [3.05, 3.63) is 57.0 Å². The van der Waals surface area contributed by atoms with Crippen LogP contribution in [0, 0.1) is 6.92 Å². The monoisotopic (exact) mass is 402 g/mol. The van der Waals surface area contributed by atoms with Crippen LogP contribution in [-0.4, -0.2) is 17.6 Å². The average molecular weight is 404 g/mol. The van der Waals surface area contributed by atoms with Gasteiger partial charge in [0, 0.05) is 0 Å². The molecular weight excluding hydrogens is 391 g/mol. The van der Waals surface area contributed by atoms with E-state index < -0.39 is 5.91 Å². The second-order valence-electron chi connectivity index (χ2n) is 4.80. The molecule has 2 N–H and O–H groups in total. The minimum Gasteiger partial charge on any atom is -0.483 e. The molecule has 8 heteroatoms. The molecule has 0 saturated heterocycles. The molecule has 4 nitrogen and oxygen atoms in total. The normalized spacial score (nSPS) is 10.2. The zero-order valence-corrected chi connectivity index (χ0v) is 15.6. The van der Waals surface area contributed by atoms with Crippen molar-refractivity contribution in [2.75, 3.05) is 11.9 Å². The minimum absolute atomic E-state index is 0.0775. The molecule has 0 bridgehead atoms. The summed E-state index contributed by atoms with van der Waals surface area (Å²) in [5.74, 6) is 0.242. The molecule has 0 saturated carbocycles. The summed E-state index contributed by atoms with van der Waals surface area (Å²) >= 11 is 22.9. The summed E-state index contributed by atoms with van der Waals surface area (Å²) < 4.78 is 5.44. The number of nitrogens with one attached hydrogen (secondary N) is 2. The quantitative estimate of drug-likeness (QED) is 0.566. The summed E-state index contributed by atoms with van der Waals surface area (Å²) in [6.45, 7) is 1.73. The fraction of sp³-hybridized carbons (Fsp3) is 0.125. The maximum Gasteiger partial charge on any atom is 0.264 e. The second kappa shape index (κ2) is 8.53. The molecule has 2 aromatic carbocycles. The van der Waals surface area contributed by atoms with Gasteiger partial charge in [-0.05, 0) is 42.9 Å². The predicted octanol–water partition coefficient (Wildman–Crippen LogP) is 4.85. The molecule has 2 rings (SSSR count). The lowest BCUT2D eigenvalue weighted by Gasteiger charge is -2.13.